The van der Waals surface area contributed by atoms with Crippen molar-refractivity contribution in [1.29, 1.82) is 0 Å². The maximum Gasteiger partial charge on any atom is 0.276 e. The highest BCUT2D eigenvalue weighted by molar-refractivity contribution is 6.05. The highest BCUT2D eigenvalue weighted by atomic mass is 35.5. The van der Waals surface area contributed by atoms with Crippen LogP contribution < -0.4 is 10.6 Å². The van der Waals surface area contributed by atoms with Crippen molar-refractivity contribution in [2.75, 3.05) is 11.9 Å². The fraction of sp³-hybridized carbons (Fsp3) is 0.412. The summed E-state index contributed by atoms with van der Waals surface area (Å²) < 4.78 is 0. The van der Waals surface area contributed by atoms with Crippen molar-refractivity contribution >= 4 is 24.0 Å². The molecule has 23 heavy (non-hydrogen) atoms. The normalized spacial score (nSPS) is 13.4. The van der Waals surface area contributed by atoms with Crippen molar-refractivity contribution in [3.8, 4) is 0 Å². The van der Waals surface area contributed by atoms with Gasteiger partial charge in [0.1, 0.15) is 0 Å². The number of aromatic amines is 1. The van der Waals surface area contributed by atoms with Crippen LogP contribution in [0.4, 0.5) is 5.69 Å². The summed E-state index contributed by atoms with van der Waals surface area (Å²) in [5.74, 6) is 0.211. The molecular formula is C17H23ClN4O. The van der Waals surface area contributed by atoms with Crippen LogP contribution in [-0.4, -0.2) is 22.6 Å². The lowest BCUT2D eigenvalue weighted by Gasteiger charge is -2.17. The van der Waals surface area contributed by atoms with Crippen LogP contribution in [0.15, 0.2) is 18.2 Å². The monoisotopic (exact) mass is 334 g/mol. The summed E-state index contributed by atoms with van der Waals surface area (Å²) in [6.45, 7) is 7.89. The van der Waals surface area contributed by atoms with Gasteiger partial charge in [-0.25, -0.2) is 0 Å². The molecule has 3 rings (SSSR count). The molecule has 1 aliphatic rings. The number of halogens is 1. The number of nitrogens with one attached hydrogen (secondary N) is 3. The van der Waals surface area contributed by atoms with Gasteiger partial charge >= 0.3 is 0 Å². The van der Waals surface area contributed by atoms with E-state index in [4.69, 9.17) is 0 Å². The van der Waals surface area contributed by atoms with Crippen LogP contribution in [-0.2, 0) is 13.0 Å². The third kappa shape index (κ3) is 3.41. The Hall–Kier alpha value is -1.85. The van der Waals surface area contributed by atoms with Gasteiger partial charge in [-0.2, -0.15) is 5.10 Å². The first-order chi connectivity index (χ1) is 10.6. The Morgan fingerprint density at radius 2 is 2.13 bits per heavy atom. The molecule has 0 unspecified atom stereocenters. The number of benzene rings is 1. The van der Waals surface area contributed by atoms with E-state index in [0.717, 1.165) is 41.0 Å². The molecule has 1 amide bonds. The lowest BCUT2D eigenvalue weighted by molar-refractivity contribution is 0.102. The highest BCUT2D eigenvalue weighted by Gasteiger charge is 2.22. The lowest BCUT2D eigenvalue weighted by atomic mass is 9.98. The van der Waals surface area contributed by atoms with E-state index in [-0.39, 0.29) is 18.3 Å². The number of amides is 1. The van der Waals surface area contributed by atoms with Gasteiger partial charge in [-0.3, -0.25) is 9.89 Å². The topological polar surface area (TPSA) is 69.8 Å². The Bertz CT molecular complexity index is 709. The number of para-hydroxylation sites is 1. The number of fused-ring (bicyclic) bond motifs is 1. The summed E-state index contributed by atoms with van der Waals surface area (Å²) in [4.78, 5) is 12.7. The summed E-state index contributed by atoms with van der Waals surface area (Å²) in [5, 5.41) is 13.6. The standard InChI is InChI=1S/C17H22N4O.ClH/c1-10(2)12-6-4-5-11(3)15(12)19-17(22)16-13-9-18-8-7-14(13)20-21-16;/h4-6,10,18H,7-9H2,1-3H3,(H,19,22)(H,20,21);1H. The molecule has 5 nitrogen and oxygen atoms in total. The Labute approximate surface area is 142 Å². The molecule has 1 aliphatic heterocycles. The second kappa shape index (κ2) is 7.15. The van der Waals surface area contributed by atoms with E-state index in [1.807, 2.05) is 19.1 Å². The Morgan fingerprint density at radius 1 is 1.35 bits per heavy atom. The SMILES string of the molecule is Cc1cccc(C(C)C)c1NC(=O)c1n[nH]c2c1CNCC2.Cl. The molecule has 0 saturated carbocycles. The Balaban J connectivity index is 0.00000192. The zero-order valence-corrected chi connectivity index (χ0v) is 14.5. The van der Waals surface area contributed by atoms with Gasteiger partial charge in [0.05, 0.1) is 0 Å². The number of nitrogens with zero attached hydrogens (tertiary/aromatic N) is 1. The van der Waals surface area contributed by atoms with E-state index in [2.05, 4.69) is 40.7 Å². The van der Waals surface area contributed by atoms with Gasteiger partial charge < -0.3 is 10.6 Å². The van der Waals surface area contributed by atoms with E-state index >= 15 is 0 Å². The average Bonchev–Trinajstić information content (AvgIpc) is 2.93. The predicted octanol–water partition coefficient (Wildman–Crippen LogP) is 3.16. The van der Waals surface area contributed by atoms with Crippen molar-refractivity contribution in [2.24, 2.45) is 0 Å². The molecule has 3 N–H and O–H groups in total. The van der Waals surface area contributed by atoms with Crippen molar-refractivity contribution in [3.05, 3.63) is 46.3 Å². The largest absolute Gasteiger partial charge is 0.320 e. The van der Waals surface area contributed by atoms with Gasteiger partial charge in [0.25, 0.3) is 5.91 Å². The number of H-pyrrole nitrogens is 1. The molecule has 2 heterocycles. The van der Waals surface area contributed by atoms with Crippen molar-refractivity contribution < 1.29 is 4.79 Å². The molecule has 0 saturated heterocycles. The lowest BCUT2D eigenvalue weighted by Crippen LogP contribution is -2.25. The second-order valence-electron chi connectivity index (χ2n) is 6.10. The number of hydrogen-bond donors (Lipinski definition) is 3. The zero-order chi connectivity index (χ0) is 15.7. The van der Waals surface area contributed by atoms with Crippen LogP contribution in [0.5, 0.6) is 0 Å². The van der Waals surface area contributed by atoms with Crippen molar-refractivity contribution in [1.82, 2.24) is 15.5 Å². The molecule has 0 spiro atoms. The van der Waals surface area contributed by atoms with Crippen LogP contribution >= 0.6 is 12.4 Å². The van der Waals surface area contributed by atoms with Crippen LogP contribution in [0.25, 0.3) is 0 Å². The fourth-order valence-corrected chi connectivity index (χ4v) is 2.93. The molecule has 6 heteroatoms. The van der Waals surface area contributed by atoms with Crippen LogP contribution in [0, 0.1) is 6.92 Å². The zero-order valence-electron chi connectivity index (χ0n) is 13.7. The maximum atomic E-state index is 12.7. The first-order valence-corrected chi connectivity index (χ1v) is 7.75. The quantitative estimate of drug-likeness (QED) is 0.807. The predicted molar refractivity (Wildman–Crippen MR) is 94.5 cm³/mol. The van der Waals surface area contributed by atoms with E-state index in [1.165, 1.54) is 0 Å². The van der Waals surface area contributed by atoms with Gasteiger partial charge in [-0.05, 0) is 24.0 Å². The number of carbonyl (C=O) groups is 1. The molecule has 0 aliphatic carbocycles. The third-order valence-corrected chi connectivity index (χ3v) is 4.19. The van der Waals surface area contributed by atoms with E-state index in [1.54, 1.807) is 0 Å². The van der Waals surface area contributed by atoms with Gasteiger partial charge in [0.15, 0.2) is 5.69 Å². The summed E-state index contributed by atoms with van der Waals surface area (Å²) in [6.07, 6.45) is 0.886. The first kappa shape index (κ1) is 17.5. The number of anilines is 1. The van der Waals surface area contributed by atoms with Gasteiger partial charge in [0, 0.05) is 36.5 Å². The molecule has 1 aromatic heterocycles. The molecule has 2 aromatic rings. The van der Waals surface area contributed by atoms with Crippen molar-refractivity contribution in [3.63, 3.8) is 0 Å². The van der Waals surface area contributed by atoms with E-state index in [0.29, 0.717) is 18.2 Å². The molecule has 124 valence electrons. The summed E-state index contributed by atoms with van der Waals surface area (Å²) in [7, 11) is 0. The van der Waals surface area contributed by atoms with Gasteiger partial charge in [0.2, 0.25) is 0 Å². The maximum absolute atomic E-state index is 12.7. The van der Waals surface area contributed by atoms with Gasteiger partial charge in [-0.15, -0.1) is 12.4 Å². The number of aromatic nitrogens is 2. The minimum absolute atomic E-state index is 0. The third-order valence-electron chi connectivity index (χ3n) is 4.19. The van der Waals surface area contributed by atoms with Gasteiger partial charge in [-0.1, -0.05) is 32.0 Å². The average molecular weight is 335 g/mol. The summed E-state index contributed by atoms with van der Waals surface area (Å²) in [5.41, 5.74) is 5.68. The molecular weight excluding hydrogens is 312 g/mol. The molecule has 0 atom stereocenters. The number of aryl methyl sites for hydroxylation is 1. The summed E-state index contributed by atoms with van der Waals surface area (Å²) in [6, 6.07) is 6.11. The highest BCUT2D eigenvalue weighted by Crippen LogP contribution is 2.28. The number of carbonyl (C=O) groups excluding carboxylic acids is 1. The van der Waals surface area contributed by atoms with Crippen molar-refractivity contribution in [2.45, 2.75) is 39.7 Å². The number of hydrogen-bond acceptors (Lipinski definition) is 3. The second-order valence-corrected chi connectivity index (χ2v) is 6.10. The van der Waals surface area contributed by atoms with Crippen LogP contribution in [0.2, 0.25) is 0 Å². The minimum atomic E-state index is -0.141. The van der Waals surface area contributed by atoms with Crippen LogP contribution in [0.3, 0.4) is 0 Å². The fourth-order valence-electron chi connectivity index (χ4n) is 2.93. The smallest absolute Gasteiger partial charge is 0.276 e. The molecule has 0 bridgehead atoms. The molecule has 1 aromatic carbocycles. The van der Waals surface area contributed by atoms with Crippen LogP contribution in [0.1, 0.15) is 52.6 Å². The Kier molecular flexibility index (Phi) is 5.44. The first-order valence-electron chi connectivity index (χ1n) is 7.75. The van der Waals surface area contributed by atoms with E-state index < -0.39 is 0 Å². The number of rotatable bonds is 3. The van der Waals surface area contributed by atoms with E-state index in [9.17, 15) is 4.79 Å². The molecule has 0 fully saturated rings. The minimum Gasteiger partial charge on any atom is -0.320 e. The summed E-state index contributed by atoms with van der Waals surface area (Å²) >= 11 is 0. The Morgan fingerprint density at radius 3 is 2.87 bits per heavy atom. The molecule has 0 radical (unpaired) electrons.